The van der Waals surface area contributed by atoms with E-state index in [1.165, 1.54) is 9.25 Å². The van der Waals surface area contributed by atoms with Gasteiger partial charge in [0.15, 0.2) is 17.3 Å². The smallest absolute Gasteiger partial charge is 0.346 e. The number of benzene rings is 1. The number of pyridine rings is 1. The molecule has 0 unspecified atom stereocenters. The van der Waals surface area contributed by atoms with Crippen molar-refractivity contribution in [3.63, 3.8) is 0 Å². The molecule has 0 spiro atoms. The molecule has 29 heavy (non-hydrogen) atoms. The molecule has 0 bridgehead atoms. The highest BCUT2D eigenvalue weighted by atomic mass is 16.5. The van der Waals surface area contributed by atoms with Gasteiger partial charge in [0.1, 0.15) is 5.69 Å². The zero-order chi connectivity index (χ0) is 20.8. The molecule has 152 valence electrons. The van der Waals surface area contributed by atoms with Gasteiger partial charge in [0.25, 0.3) is 0 Å². The second kappa shape index (κ2) is 9.05. The summed E-state index contributed by atoms with van der Waals surface area (Å²) in [4.78, 5) is 28.8. The van der Waals surface area contributed by atoms with Crippen molar-refractivity contribution in [1.29, 1.82) is 0 Å². The summed E-state index contributed by atoms with van der Waals surface area (Å²) in [5.41, 5.74) is 1.15. The van der Waals surface area contributed by atoms with Crippen LogP contribution in [0.4, 0.5) is 0 Å². The Hall–Kier alpha value is -3.62. The molecule has 9 nitrogen and oxygen atoms in total. The van der Waals surface area contributed by atoms with E-state index < -0.39 is 0 Å². The minimum Gasteiger partial charge on any atom is -0.493 e. The van der Waals surface area contributed by atoms with Crippen LogP contribution in [-0.4, -0.2) is 46.0 Å². The van der Waals surface area contributed by atoms with E-state index in [4.69, 9.17) is 9.47 Å². The third kappa shape index (κ3) is 4.63. The van der Waals surface area contributed by atoms with Crippen molar-refractivity contribution in [1.82, 2.24) is 24.6 Å². The maximum atomic E-state index is 12.4. The first-order valence-electron chi connectivity index (χ1n) is 9.06. The summed E-state index contributed by atoms with van der Waals surface area (Å²) in [6.07, 6.45) is 1.84. The summed E-state index contributed by atoms with van der Waals surface area (Å²) in [5, 5.41) is 7.13. The number of carbonyl (C=O) groups is 1. The number of ether oxygens (including phenoxy) is 2. The van der Waals surface area contributed by atoms with Gasteiger partial charge in [-0.3, -0.25) is 14.3 Å². The summed E-state index contributed by atoms with van der Waals surface area (Å²) in [7, 11) is 4.75. The van der Waals surface area contributed by atoms with E-state index >= 15 is 0 Å². The molecule has 0 saturated heterocycles. The fourth-order valence-electron chi connectivity index (χ4n) is 2.89. The molecule has 9 heteroatoms. The van der Waals surface area contributed by atoms with E-state index in [1.54, 1.807) is 51.7 Å². The van der Waals surface area contributed by atoms with Crippen LogP contribution < -0.4 is 20.5 Å². The fraction of sp³-hybridized carbons (Fsp3) is 0.300. The molecule has 1 N–H and O–H groups in total. The molecular formula is C20H23N5O4. The first-order chi connectivity index (χ1) is 14.0. The van der Waals surface area contributed by atoms with Crippen LogP contribution in [0.5, 0.6) is 11.5 Å². The summed E-state index contributed by atoms with van der Waals surface area (Å²) in [6.45, 7) is 0.544. The number of nitrogens with zero attached hydrogens (tertiary/aromatic N) is 4. The van der Waals surface area contributed by atoms with E-state index in [2.05, 4.69) is 15.4 Å². The van der Waals surface area contributed by atoms with Gasteiger partial charge in [-0.2, -0.15) is 0 Å². The monoisotopic (exact) mass is 397 g/mol. The molecule has 3 rings (SSSR count). The highest BCUT2D eigenvalue weighted by Gasteiger charge is 2.13. The lowest BCUT2D eigenvalue weighted by molar-refractivity contribution is -0.120. The highest BCUT2D eigenvalue weighted by molar-refractivity contribution is 5.78. The lowest BCUT2D eigenvalue weighted by Crippen LogP contribution is -2.32. The molecule has 0 atom stereocenters. The summed E-state index contributed by atoms with van der Waals surface area (Å²) >= 11 is 0. The van der Waals surface area contributed by atoms with E-state index in [-0.39, 0.29) is 31.1 Å². The second-order valence-corrected chi connectivity index (χ2v) is 6.32. The van der Waals surface area contributed by atoms with Crippen molar-refractivity contribution < 1.29 is 14.3 Å². The molecule has 0 aliphatic carbocycles. The van der Waals surface area contributed by atoms with Gasteiger partial charge in [0, 0.05) is 19.8 Å². The maximum absolute atomic E-state index is 12.4. The van der Waals surface area contributed by atoms with Gasteiger partial charge >= 0.3 is 5.69 Å². The third-order valence-electron chi connectivity index (χ3n) is 4.39. The van der Waals surface area contributed by atoms with Crippen LogP contribution in [0.25, 0.3) is 11.5 Å². The lowest BCUT2D eigenvalue weighted by atomic mass is 10.1. The van der Waals surface area contributed by atoms with Crippen LogP contribution >= 0.6 is 0 Å². The quantitative estimate of drug-likeness (QED) is 0.609. The average molecular weight is 397 g/mol. The van der Waals surface area contributed by atoms with Crippen LogP contribution in [-0.2, 0) is 24.8 Å². The molecular weight excluding hydrogens is 374 g/mol. The van der Waals surface area contributed by atoms with Crippen LogP contribution in [0.1, 0.15) is 5.56 Å². The molecule has 0 saturated carbocycles. The van der Waals surface area contributed by atoms with Gasteiger partial charge < -0.3 is 14.8 Å². The number of hydrogen-bond donors (Lipinski definition) is 1. The molecule has 0 radical (unpaired) electrons. The molecule has 1 amide bonds. The Balaban J connectivity index is 1.59. The van der Waals surface area contributed by atoms with Crippen LogP contribution in [0.15, 0.2) is 47.4 Å². The Bertz CT molecular complexity index is 1040. The zero-order valence-corrected chi connectivity index (χ0v) is 16.6. The average Bonchev–Trinajstić information content (AvgIpc) is 3.03. The zero-order valence-electron chi connectivity index (χ0n) is 16.6. The number of methoxy groups -OCH3 is 2. The number of aromatic nitrogens is 4. The van der Waals surface area contributed by atoms with E-state index in [1.807, 2.05) is 12.1 Å². The number of hydrogen-bond acceptors (Lipinski definition) is 6. The van der Waals surface area contributed by atoms with Gasteiger partial charge in [0.05, 0.1) is 27.2 Å². The number of nitrogens with one attached hydrogen (secondary N) is 1. The fourth-order valence-corrected chi connectivity index (χ4v) is 2.89. The molecule has 3 aromatic rings. The van der Waals surface area contributed by atoms with Crippen molar-refractivity contribution in [3.05, 3.63) is 58.6 Å². The number of carbonyl (C=O) groups excluding carboxylic acids is 1. The SMILES string of the molecule is COc1ccc(CC(=O)NCCn2nc(-c3ccccn3)n(C)c2=O)cc1OC. The third-order valence-corrected chi connectivity index (χ3v) is 4.39. The normalized spacial score (nSPS) is 10.6. The Morgan fingerprint density at radius 3 is 2.62 bits per heavy atom. The van der Waals surface area contributed by atoms with Crippen LogP contribution in [0.2, 0.25) is 0 Å². The van der Waals surface area contributed by atoms with Gasteiger partial charge in [-0.15, -0.1) is 5.10 Å². The summed E-state index contributed by atoms with van der Waals surface area (Å²) in [6, 6.07) is 10.8. The Kier molecular flexibility index (Phi) is 6.28. The standard InChI is InChI=1S/C20H23N5O4/c1-24-19(15-6-4-5-9-21-15)23-25(20(24)27)11-10-22-18(26)13-14-7-8-16(28-2)17(12-14)29-3/h4-9,12H,10-11,13H2,1-3H3,(H,22,26). The van der Waals surface area contributed by atoms with Gasteiger partial charge in [0.2, 0.25) is 5.91 Å². The summed E-state index contributed by atoms with van der Waals surface area (Å²) < 4.78 is 13.2. The van der Waals surface area contributed by atoms with E-state index in [9.17, 15) is 9.59 Å². The van der Waals surface area contributed by atoms with Crippen molar-refractivity contribution in [3.8, 4) is 23.0 Å². The second-order valence-electron chi connectivity index (χ2n) is 6.32. The van der Waals surface area contributed by atoms with Crippen LogP contribution in [0, 0.1) is 0 Å². The molecule has 0 aliphatic heterocycles. The molecule has 1 aromatic carbocycles. The minimum absolute atomic E-state index is 0.161. The number of amides is 1. The van der Waals surface area contributed by atoms with Crippen molar-refractivity contribution in [2.45, 2.75) is 13.0 Å². The molecule has 0 fully saturated rings. The molecule has 2 aromatic heterocycles. The van der Waals surface area contributed by atoms with Gasteiger partial charge in [-0.25, -0.2) is 9.48 Å². The maximum Gasteiger partial charge on any atom is 0.346 e. The predicted molar refractivity (Wildman–Crippen MR) is 107 cm³/mol. The predicted octanol–water partition coefficient (Wildman–Crippen LogP) is 1.02. The first kappa shape index (κ1) is 20.1. The van der Waals surface area contributed by atoms with Crippen molar-refractivity contribution >= 4 is 5.91 Å². The largest absolute Gasteiger partial charge is 0.493 e. The Labute approximate surface area is 167 Å². The van der Waals surface area contributed by atoms with E-state index in [0.717, 1.165) is 5.56 Å². The number of rotatable bonds is 8. The topological polar surface area (TPSA) is 100 Å². The Morgan fingerprint density at radius 1 is 1.14 bits per heavy atom. The van der Waals surface area contributed by atoms with Gasteiger partial charge in [-0.1, -0.05) is 12.1 Å². The minimum atomic E-state index is -0.264. The van der Waals surface area contributed by atoms with Crippen LogP contribution in [0.3, 0.4) is 0 Å². The first-order valence-corrected chi connectivity index (χ1v) is 9.06. The molecule has 0 aliphatic rings. The highest BCUT2D eigenvalue weighted by Crippen LogP contribution is 2.27. The van der Waals surface area contributed by atoms with Crippen molar-refractivity contribution in [2.24, 2.45) is 7.05 Å². The lowest BCUT2D eigenvalue weighted by Gasteiger charge is -2.10. The van der Waals surface area contributed by atoms with E-state index in [0.29, 0.717) is 23.0 Å². The Morgan fingerprint density at radius 2 is 1.93 bits per heavy atom. The van der Waals surface area contributed by atoms with Gasteiger partial charge in [-0.05, 0) is 29.8 Å². The molecule has 2 heterocycles. The van der Waals surface area contributed by atoms with Crippen molar-refractivity contribution in [2.75, 3.05) is 20.8 Å². The summed E-state index contributed by atoms with van der Waals surface area (Å²) in [5.74, 6) is 1.49.